The number of carbonyl (C=O) groups excluding carboxylic acids is 1. The van der Waals surface area contributed by atoms with Crippen molar-refractivity contribution in [3.05, 3.63) is 29.8 Å². The third-order valence-electron chi connectivity index (χ3n) is 3.41. The quantitative estimate of drug-likeness (QED) is 0.716. The second-order valence-electron chi connectivity index (χ2n) is 5.37. The molecule has 0 saturated heterocycles. The first-order chi connectivity index (χ1) is 9.56. The molecule has 0 spiro atoms. The predicted molar refractivity (Wildman–Crippen MR) is 85.3 cm³/mol. The summed E-state index contributed by atoms with van der Waals surface area (Å²) in [6.45, 7) is 7.30. The summed E-state index contributed by atoms with van der Waals surface area (Å²) in [5, 5.41) is 8.98. The summed E-state index contributed by atoms with van der Waals surface area (Å²) in [6, 6.07) is 8.08. The average Bonchev–Trinajstić information content (AvgIpc) is 2.43. The molecular weight excluding hydrogens is 250 g/mol. The SMILES string of the molecule is CC[C@H](CCNC)NC(=O)Nc1ccc(C(C)C)cc1. The van der Waals surface area contributed by atoms with E-state index in [2.05, 4.69) is 48.9 Å². The van der Waals surface area contributed by atoms with E-state index >= 15 is 0 Å². The highest BCUT2D eigenvalue weighted by molar-refractivity contribution is 5.89. The van der Waals surface area contributed by atoms with Crippen LogP contribution in [-0.4, -0.2) is 25.7 Å². The van der Waals surface area contributed by atoms with Crippen LogP contribution in [0.3, 0.4) is 0 Å². The van der Waals surface area contributed by atoms with Gasteiger partial charge in [-0.05, 0) is 50.0 Å². The van der Waals surface area contributed by atoms with Crippen LogP contribution in [-0.2, 0) is 0 Å². The fourth-order valence-corrected chi connectivity index (χ4v) is 2.00. The largest absolute Gasteiger partial charge is 0.335 e. The topological polar surface area (TPSA) is 53.2 Å². The summed E-state index contributed by atoms with van der Waals surface area (Å²) in [5.74, 6) is 0.504. The van der Waals surface area contributed by atoms with Gasteiger partial charge in [-0.15, -0.1) is 0 Å². The summed E-state index contributed by atoms with van der Waals surface area (Å²) in [4.78, 5) is 11.9. The molecule has 0 bridgehead atoms. The zero-order valence-electron chi connectivity index (χ0n) is 13.0. The molecule has 20 heavy (non-hydrogen) atoms. The van der Waals surface area contributed by atoms with Gasteiger partial charge >= 0.3 is 6.03 Å². The van der Waals surface area contributed by atoms with Crippen LogP contribution in [0.2, 0.25) is 0 Å². The smallest absolute Gasteiger partial charge is 0.319 e. The number of nitrogens with one attached hydrogen (secondary N) is 3. The molecule has 0 saturated carbocycles. The summed E-state index contributed by atoms with van der Waals surface area (Å²) in [5.41, 5.74) is 2.10. The van der Waals surface area contributed by atoms with E-state index in [-0.39, 0.29) is 12.1 Å². The number of urea groups is 1. The Labute approximate surface area is 122 Å². The number of amides is 2. The molecule has 0 aliphatic heterocycles. The van der Waals surface area contributed by atoms with Crippen LogP contribution in [0.4, 0.5) is 10.5 Å². The zero-order valence-corrected chi connectivity index (χ0v) is 13.0. The maximum absolute atomic E-state index is 11.9. The number of carbonyl (C=O) groups is 1. The van der Waals surface area contributed by atoms with E-state index < -0.39 is 0 Å². The van der Waals surface area contributed by atoms with Gasteiger partial charge in [0.25, 0.3) is 0 Å². The van der Waals surface area contributed by atoms with Crippen molar-refractivity contribution in [3.8, 4) is 0 Å². The lowest BCUT2D eigenvalue weighted by Crippen LogP contribution is -2.39. The van der Waals surface area contributed by atoms with Gasteiger partial charge in [0.05, 0.1) is 0 Å². The number of benzene rings is 1. The standard InChI is InChI=1S/C16H27N3O/c1-5-14(10-11-17-4)18-16(20)19-15-8-6-13(7-9-15)12(2)3/h6-9,12,14,17H,5,10-11H2,1-4H3,(H2,18,19,20)/t14-/m1/s1. The molecule has 3 N–H and O–H groups in total. The first-order valence-corrected chi connectivity index (χ1v) is 7.38. The Bertz CT molecular complexity index is 401. The van der Waals surface area contributed by atoms with Gasteiger partial charge in [-0.25, -0.2) is 4.79 Å². The van der Waals surface area contributed by atoms with E-state index in [1.165, 1.54) is 5.56 Å². The van der Waals surface area contributed by atoms with Crippen LogP contribution in [0.25, 0.3) is 0 Å². The molecule has 0 radical (unpaired) electrons. The number of hydrogen-bond donors (Lipinski definition) is 3. The molecule has 1 rings (SSSR count). The maximum Gasteiger partial charge on any atom is 0.319 e. The highest BCUT2D eigenvalue weighted by atomic mass is 16.2. The molecule has 4 heteroatoms. The van der Waals surface area contributed by atoms with Gasteiger partial charge in [0.2, 0.25) is 0 Å². The van der Waals surface area contributed by atoms with Crippen molar-refractivity contribution in [2.45, 2.75) is 45.6 Å². The number of anilines is 1. The molecule has 1 aromatic carbocycles. The Morgan fingerprint density at radius 3 is 2.35 bits per heavy atom. The van der Waals surface area contributed by atoms with Crippen LogP contribution in [0, 0.1) is 0 Å². The Morgan fingerprint density at radius 2 is 1.85 bits per heavy atom. The lowest BCUT2D eigenvalue weighted by Gasteiger charge is -2.17. The van der Waals surface area contributed by atoms with Crippen molar-refractivity contribution in [1.29, 1.82) is 0 Å². The molecule has 0 aromatic heterocycles. The lowest BCUT2D eigenvalue weighted by atomic mass is 10.0. The average molecular weight is 277 g/mol. The van der Waals surface area contributed by atoms with Crippen molar-refractivity contribution in [2.75, 3.05) is 18.9 Å². The van der Waals surface area contributed by atoms with Gasteiger partial charge < -0.3 is 16.0 Å². The van der Waals surface area contributed by atoms with Gasteiger partial charge in [-0.2, -0.15) is 0 Å². The number of rotatable bonds is 7. The Morgan fingerprint density at radius 1 is 1.20 bits per heavy atom. The van der Waals surface area contributed by atoms with E-state index in [1.54, 1.807) is 0 Å². The van der Waals surface area contributed by atoms with Crippen molar-refractivity contribution in [1.82, 2.24) is 10.6 Å². The third-order valence-corrected chi connectivity index (χ3v) is 3.41. The molecular formula is C16H27N3O. The third kappa shape index (κ3) is 5.61. The van der Waals surface area contributed by atoms with Crippen molar-refractivity contribution < 1.29 is 4.79 Å². The Balaban J connectivity index is 2.48. The molecule has 1 aromatic rings. The molecule has 4 nitrogen and oxygen atoms in total. The van der Waals surface area contributed by atoms with Crippen molar-refractivity contribution >= 4 is 11.7 Å². The molecule has 0 aliphatic rings. The molecule has 0 heterocycles. The minimum absolute atomic E-state index is 0.134. The van der Waals surface area contributed by atoms with Crippen molar-refractivity contribution in [2.24, 2.45) is 0 Å². The second kappa shape index (κ2) is 8.59. The minimum atomic E-state index is -0.134. The second-order valence-corrected chi connectivity index (χ2v) is 5.37. The normalized spacial score (nSPS) is 12.2. The van der Waals surface area contributed by atoms with Crippen LogP contribution >= 0.6 is 0 Å². The summed E-state index contributed by atoms with van der Waals surface area (Å²) in [6.07, 6.45) is 1.87. The van der Waals surface area contributed by atoms with E-state index in [0.29, 0.717) is 5.92 Å². The molecule has 0 fully saturated rings. The van der Waals surface area contributed by atoms with Crippen LogP contribution in [0.15, 0.2) is 24.3 Å². The fourth-order valence-electron chi connectivity index (χ4n) is 2.00. The molecule has 1 atom stereocenters. The van der Waals surface area contributed by atoms with Gasteiger partial charge in [-0.1, -0.05) is 32.9 Å². The van der Waals surface area contributed by atoms with E-state index in [1.807, 2.05) is 19.2 Å². The van der Waals surface area contributed by atoms with Crippen LogP contribution in [0.1, 0.15) is 45.1 Å². The van der Waals surface area contributed by atoms with Crippen LogP contribution in [0.5, 0.6) is 0 Å². The first kappa shape index (κ1) is 16.5. The molecule has 0 unspecified atom stereocenters. The summed E-state index contributed by atoms with van der Waals surface area (Å²) < 4.78 is 0. The molecule has 2 amide bonds. The predicted octanol–water partition coefficient (Wildman–Crippen LogP) is 3.32. The summed E-state index contributed by atoms with van der Waals surface area (Å²) >= 11 is 0. The minimum Gasteiger partial charge on any atom is -0.335 e. The van der Waals surface area contributed by atoms with Gasteiger partial charge in [0.15, 0.2) is 0 Å². The van der Waals surface area contributed by atoms with Gasteiger partial charge in [0.1, 0.15) is 0 Å². The highest BCUT2D eigenvalue weighted by Gasteiger charge is 2.10. The van der Waals surface area contributed by atoms with Gasteiger partial charge in [0, 0.05) is 11.7 Å². The molecule has 0 aliphatic carbocycles. The Kier molecular flexibility index (Phi) is 7.09. The lowest BCUT2D eigenvalue weighted by molar-refractivity contribution is 0.247. The van der Waals surface area contributed by atoms with Crippen LogP contribution < -0.4 is 16.0 Å². The van der Waals surface area contributed by atoms with Gasteiger partial charge in [-0.3, -0.25) is 0 Å². The molecule has 112 valence electrons. The first-order valence-electron chi connectivity index (χ1n) is 7.38. The Hall–Kier alpha value is -1.55. The van der Waals surface area contributed by atoms with Crippen molar-refractivity contribution in [3.63, 3.8) is 0 Å². The van der Waals surface area contributed by atoms with E-state index in [4.69, 9.17) is 0 Å². The maximum atomic E-state index is 11.9. The van der Waals surface area contributed by atoms with E-state index in [0.717, 1.165) is 25.1 Å². The highest BCUT2D eigenvalue weighted by Crippen LogP contribution is 2.17. The number of hydrogen-bond acceptors (Lipinski definition) is 2. The summed E-state index contributed by atoms with van der Waals surface area (Å²) in [7, 11) is 1.92. The zero-order chi connectivity index (χ0) is 15.0. The fraction of sp³-hybridized carbons (Fsp3) is 0.562. The van der Waals surface area contributed by atoms with E-state index in [9.17, 15) is 4.79 Å². The monoisotopic (exact) mass is 277 g/mol.